The maximum absolute atomic E-state index is 13.1. The van der Waals surface area contributed by atoms with Crippen LogP contribution < -0.4 is 21.1 Å². The molecule has 0 saturated carbocycles. The Morgan fingerprint density at radius 3 is 2.36 bits per heavy atom. The molecular weight excluding hydrogens is 478 g/mol. The monoisotopic (exact) mass is 503 g/mol. The molecule has 7 N–H and O–H groups in total. The Morgan fingerprint density at radius 2 is 1.64 bits per heavy atom. The predicted molar refractivity (Wildman–Crippen MR) is 141 cm³/mol. The van der Waals surface area contributed by atoms with Crippen molar-refractivity contribution in [1.29, 1.82) is 0 Å². The third-order valence-corrected chi connectivity index (χ3v) is 6.25. The zero-order valence-corrected chi connectivity index (χ0v) is 19.9. The molecule has 3 aromatic carbocycles. The first-order valence-electron chi connectivity index (χ1n) is 10.7. The maximum Gasteiger partial charge on any atom is 0.319 e. The van der Waals surface area contributed by atoms with Crippen LogP contribution in [-0.4, -0.2) is 26.6 Å². The molecule has 0 radical (unpaired) electrons. The lowest BCUT2D eigenvalue weighted by Gasteiger charge is -2.12. The molecule has 0 spiro atoms. The molecule has 0 fully saturated rings. The van der Waals surface area contributed by atoms with Gasteiger partial charge in [-0.2, -0.15) is 0 Å². The van der Waals surface area contributed by atoms with Crippen LogP contribution in [0.4, 0.5) is 16.2 Å². The predicted octanol–water partition coefficient (Wildman–Crippen LogP) is 3.48. The molecule has 1 aromatic heterocycles. The molecule has 3 amide bonds. The van der Waals surface area contributed by atoms with Crippen LogP contribution in [0.15, 0.2) is 102 Å². The highest BCUT2D eigenvalue weighted by Crippen LogP contribution is 2.28. The summed E-state index contributed by atoms with van der Waals surface area (Å²) in [7, 11) is -1.58. The van der Waals surface area contributed by atoms with Gasteiger partial charge in [-0.05, 0) is 65.2 Å². The van der Waals surface area contributed by atoms with Crippen LogP contribution in [0.25, 0.3) is 11.1 Å². The number of pyridine rings is 1. The van der Waals surface area contributed by atoms with Gasteiger partial charge in [-0.15, -0.1) is 0 Å². The van der Waals surface area contributed by atoms with Crippen LogP contribution in [0.3, 0.4) is 0 Å². The van der Waals surface area contributed by atoms with Gasteiger partial charge < -0.3 is 26.6 Å². The van der Waals surface area contributed by atoms with E-state index in [0.29, 0.717) is 28.4 Å². The van der Waals surface area contributed by atoms with E-state index in [0.717, 1.165) is 16.7 Å². The number of rotatable bonds is 8. The fourth-order valence-corrected chi connectivity index (χ4v) is 4.40. The van der Waals surface area contributed by atoms with Gasteiger partial charge in [0, 0.05) is 35.9 Å². The summed E-state index contributed by atoms with van der Waals surface area (Å²) in [5, 5.41) is 5.52. The molecule has 36 heavy (non-hydrogen) atoms. The Hall–Kier alpha value is -4.54. The number of nitrogens with zero attached hydrogens (tertiary/aromatic N) is 1. The van der Waals surface area contributed by atoms with E-state index < -0.39 is 16.9 Å². The second-order valence-electron chi connectivity index (χ2n) is 7.56. The number of urea groups is 1. The lowest BCUT2D eigenvalue weighted by atomic mass is 10.0. The van der Waals surface area contributed by atoms with Crippen molar-refractivity contribution in [2.24, 2.45) is 5.73 Å². The average Bonchev–Trinajstić information content (AvgIpc) is 2.89. The van der Waals surface area contributed by atoms with Gasteiger partial charge in [0.15, 0.2) is 11.0 Å². The Kier molecular flexibility index (Phi) is 8.87. The minimum absolute atomic E-state index is 0. The maximum atomic E-state index is 13.1. The van der Waals surface area contributed by atoms with Crippen LogP contribution >= 0.6 is 0 Å². The first-order chi connectivity index (χ1) is 17.0. The summed E-state index contributed by atoms with van der Waals surface area (Å²) in [5.41, 5.74) is 9.35. The Balaban J connectivity index is 0.00000361. The Bertz CT molecular complexity index is 1360. The molecule has 4 aromatic rings. The zero-order valence-electron chi connectivity index (χ0n) is 19.1. The van der Waals surface area contributed by atoms with Crippen molar-refractivity contribution in [3.05, 3.63) is 108 Å². The summed E-state index contributed by atoms with van der Waals surface area (Å²) < 4.78 is 16.1. The number of nitrogens with one attached hydrogen (secondary N) is 3. The van der Waals surface area contributed by atoms with Gasteiger partial charge in [-0.1, -0.05) is 36.4 Å². The number of anilines is 2. The van der Waals surface area contributed by atoms with Gasteiger partial charge >= 0.3 is 6.03 Å². The fourth-order valence-electron chi connectivity index (χ4n) is 3.35. The Labute approximate surface area is 210 Å². The number of benzene rings is 3. The lowest BCUT2D eigenvalue weighted by Crippen LogP contribution is -2.28. The van der Waals surface area contributed by atoms with Crippen molar-refractivity contribution in [3.63, 3.8) is 0 Å². The quantitative estimate of drug-likeness (QED) is 0.290. The molecule has 0 aliphatic carbocycles. The zero-order chi connectivity index (χ0) is 24.6. The topological polar surface area (TPSA) is 158 Å². The van der Waals surface area contributed by atoms with E-state index in [9.17, 15) is 13.8 Å². The molecular formula is C26H25N5O4S. The van der Waals surface area contributed by atoms with E-state index in [1.807, 2.05) is 24.3 Å². The summed E-state index contributed by atoms with van der Waals surface area (Å²) >= 11 is 0. The Morgan fingerprint density at radius 1 is 0.889 bits per heavy atom. The number of nitrogens with two attached hydrogens (primary N) is 1. The highest BCUT2D eigenvalue weighted by atomic mass is 32.2. The lowest BCUT2D eigenvalue weighted by molar-refractivity contribution is 0.1000. The smallest absolute Gasteiger partial charge is 0.319 e. The van der Waals surface area contributed by atoms with Gasteiger partial charge in [-0.25, -0.2) is 9.00 Å². The number of hydrogen-bond acceptors (Lipinski definition) is 4. The van der Waals surface area contributed by atoms with Gasteiger partial charge in [0.05, 0.1) is 4.90 Å². The normalized spacial score (nSPS) is 11.0. The van der Waals surface area contributed by atoms with E-state index in [1.165, 1.54) is 0 Å². The highest BCUT2D eigenvalue weighted by Gasteiger charge is 2.13. The average molecular weight is 504 g/mol. The molecule has 10 heteroatoms. The molecule has 1 atom stereocenters. The van der Waals surface area contributed by atoms with Gasteiger partial charge in [0.2, 0.25) is 5.91 Å². The van der Waals surface area contributed by atoms with E-state index in [4.69, 9.17) is 5.73 Å². The van der Waals surface area contributed by atoms with Crippen LogP contribution in [-0.2, 0) is 17.5 Å². The minimum Gasteiger partial charge on any atom is -0.412 e. The van der Waals surface area contributed by atoms with E-state index in [2.05, 4.69) is 20.3 Å². The van der Waals surface area contributed by atoms with Crippen LogP contribution in [0, 0.1) is 0 Å². The molecule has 1 unspecified atom stereocenters. The summed E-state index contributed by atoms with van der Waals surface area (Å²) in [6.45, 7) is 0.361. The number of amides is 3. The molecule has 184 valence electrons. The van der Waals surface area contributed by atoms with Gasteiger partial charge in [0.25, 0.3) is 0 Å². The molecule has 9 nitrogen and oxygen atoms in total. The summed E-state index contributed by atoms with van der Waals surface area (Å²) in [6, 6.07) is 24.4. The van der Waals surface area contributed by atoms with Gasteiger partial charge in [-0.3, -0.25) is 9.78 Å². The van der Waals surface area contributed by atoms with Crippen LogP contribution in [0.1, 0.15) is 15.9 Å². The standard InChI is InChI=1S/C26H23N5O3S.H2O/c27-25(32)20-7-3-6-19(15-20)23-8-1-2-9-24(23)35(34)31-22-12-10-21(11-13-22)30-26(33)29-17-18-5-4-14-28-16-18;/h1-16,31H,17H2,(H2,27,32)(H2,29,30,33);1H2. The van der Waals surface area contributed by atoms with Crippen LogP contribution in [0.2, 0.25) is 0 Å². The van der Waals surface area contributed by atoms with Crippen molar-refractivity contribution in [3.8, 4) is 11.1 Å². The third kappa shape index (κ3) is 6.75. The molecule has 0 saturated heterocycles. The van der Waals surface area contributed by atoms with Crippen molar-refractivity contribution in [1.82, 2.24) is 10.3 Å². The summed E-state index contributed by atoms with van der Waals surface area (Å²) in [4.78, 5) is 28.3. The number of primary amides is 1. The van der Waals surface area contributed by atoms with Crippen molar-refractivity contribution in [2.45, 2.75) is 11.4 Å². The second-order valence-corrected chi connectivity index (χ2v) is 8.74. The van der Waals surface area contributed by atoms with E-state index >= 15 is 0 Å². The third-order valence-electron chi connectivity index (χ3n) is 5.07. The largest absolute Gasteiger partial charge is 0.412 e. The van der Waals surface area contributed by atoms with Crippen molar-refractivity contribution < 1.29 is 19.3 Å². The first-order valence-corrected chi connectivity index (χ1v) is 11.9. The minimum atomic E-state index is -1.58. The van der Waals surface area contributed by atoms with Crippen LogP contribution in [0.5, 0.6) is 0 Å². The first kappa shape index (κ1) is 26.1. The number of carbonyl (C=O) groups excluding carboxylic acids is 2. The number of aromatic nitrogens is 1. The molecule has 0 aliphatic heterocycles. The van der Waals surface area contributed by atoms with Gasteiger partial charge in [0.1, 0.15) is 0 Å². The molecule has 0 bridgehead atoms. The molecule has 1 heterocycles. The molecule has 4 rings (SSSR count). The number of hydrogen-bond donors (Lipinski definition) is 4. The SMILES string of the molecule is NC(=O)c1cccc(-c2ccccc2S(=O)Nc2ccc(NC(=O)NCc3cccnc3)cc2)c1.O. The van der Waals surface area contributed by atoms with E-state index in [1.54, 1.807) is 73.1 Å². The summed E-state index contributed by atoms with van der Waals surface area (Å²) in [6.07, 6.45) is 3.36. The van der Waals surface area contributed by atoms with Crippen molar-refractivity contribution >= 4 is 34.3 Å². The fraction of sp³-hybridized carbons (Fsp3) is 0.0385. The highest BCUT2D eigenvalue weighted by molar-refractivity contribution is 7.86. The van der Waals surface area contributed by atoms with E-state index in [-0.39, 0.29) is 11.5 Å². The summed E-state index contributed by atoms with van der Waals surface area (Å²) in [5.74, 6) is -0.525. The van der Waals surface area contributed by atoms with Crippen molar-refractivity contribution in [2.75, 3.05) is 10.0 Å². The number of carbonyl (C=O) groups is 2. The second kappa shape index (κ2) is 12.2. The molecule has 0 aliphatic rings.